The van der Waals surface area contributed by atoms with Gasteiger partial charge in [0.15, 0.2) is 0 Å². The van der Waals surface area contributed by atoms with Crippen molar-refractivity contribution in [2.45, 2.75) is 32.6 Å². The van der Waals surface area contributed by atoms with E-state index in [4.69, 9.17) is 0 Å². The maximum absolute atomic E-state index is 12.2. The van der Waals surface area contributed by atoms with Crippen LogP contribution < -0.4 is 0 Å². The molecular weight excluding hydrogens is 260 g/mol. The zero-order chi connectivity index (χ0) is 14.8. The van der Waals surface area contributed by atoms with E-state index in [1.165, 1.54) is 25.0 Å². The molecule has 0 N–H and O–H groups in total. The molecule has 3 rings (SSSR count). The van der Waals surface area contributed by atoms with Gasteiger partial charge < -0.3 is 4.90 Å². The smallest absolute Gasteiger partial charge is 0.248 e. The van der Waals surface area contributed by atoms with Crippen LogP contribution in [0.5, 0.6) is 0 Å². The summed E-state index contributed by atoms with van der Waals surface area (Å²) in [5, 5.41) is 0. The summed E-state index contributed by atoms with van der Waals surface area (Å²) in [7, 11) is 0. The van der Waals surface area contributed by atoms with Crippen LogP contribution in [0.1, 0.15) is 31.9 Å². The van der Waals surface area contributed by atoms with Gasteiger partial charge in [-0.25, -0.2) is 0 Å². The molecule has 1 saturated heterocycles. The zero-order valence-electron chi connectivity index (χ0n) is 12.8. The lowest BCUT2D eigenvalue weighted by molar-refractivity contribution is -0.126. The molecule has 1 amide bonds. The van der Waals surface area contributed by atoms with Crippen LogP contribution in [0.25, 0.3) is 0 Å². The maximum atomic E-state index is 12.2. The Morgan fingerprint density at radius 3 is 2.95 bits per heavy atom. The molecule has 21 heavy (non-hydrogen) atoms. The normalized spacial score (nSPS) is 28.2. The van der Waals surface area contributed by atoms with Gasteiger partial charge in [-0.2, -0.15) is 0 Å². The fourth-order valence-corrected chi connectivity index (χ4v) is 4.07. The summed E-state index contributed by atoms with van der Waals surface area (Å²) >= 11 is 0. The number of carbonyl (C=O) groups is 1. The number of nitrogens with zero attached hydrogens (tertiary/aromatic N) is 2. The first-order chi connectivity index (χ1) is 10.1. The Morgan fingerprint density at radius 1 is 1.38 bits per heavy atom. The molecule has 3 heteroatoms. The number of likely N-dealkylation sites (tertiary alicyclic amines) is 1. The molecule has 0 unspecified atom stereocenters. The van der Waals surface area contributed by atoms with Crippen LogP contribution in [0.15, 0.2) is 36.5 Å². The molecule has 1 aromatic rings. The molecule has 3 atom stereocenters. The maximum Gasteiger partial charge on any atom is 0.248 e. The molecular formula is C18H24N2O. The molecule has 1 aromatic heterocycles. The van der Waals surface area contributed by atoms with Crippen LogP contribution in [0.2, 0.25) is 0 Å². The third kappa shape index (κ3) is 3.02. The predicted octanol–water partition coefficient (Wildman–Crippen LogP) is 3.07. The molecule has 0 bridgehead atoms. The standard InChI is InChI=1S/C18H24N2O/c1-13(2)18(21)20-11-15-7-5-6-14(17(15)12-20)10-16-8-3-4-9-19-16/h3-4,8-9,14-15,17H,1,5-7,10-12H2,2H3/t14-,15-,17-/m1/s1. The molecule has 112 valence electrons. The largest absolute Gasteiger partial charge is 0.338 e. The average Bonchev–Trinajstić information content (AvgIpc) is 2.92. The van der Waals surface area contributed by atoms with E-state index in [0.717, 1.165) is 19.5 Å². The third-order valence-corrected chi connectivity index (χ3v) is 5.10. The summed E-state index contributed by atoms with van der Waals surface area (Å²) < 4.78 is 0. The first-order valence-electron chi connectivity index (χ1n) is 8.00. The Bertz CT molecular complexity index is 525. The van der Waals surface area contributed by atoms with E-state index >= 15 is 0 Å². The van der Waals surface area contributed by atoms with E-state index in [1.54, 1.807) is 0 Å². The molecule has 1 aliphatic heterocycles. The number of fused-ring (bicyclic) bond motifs is 1. The lowest BCUT2D eigenvalue weighted by Crippen LogP contribution is -2.31. The molecule has 1 saturated carbocycles. The Labute approximate surface area is 127 Å². The minimum absolute atomic E-state index is 0.140. The molecule has 2 aliphatic rings. The van der Waals surface area contributed by atoms with Crippen molar-refractivity contribution >= 4 is 5.91 Å². The number of hydrogen-bond acceptors (Lipinski definition) is 2. The van der Waals surface area contributed by atoms with Gasteiger partial charge in [-0.3, -0.25) is 9.78 Å². The van der Waals surface area contributed by atoms with E-state index in [2.05, 4.69) is 23.7 Å². The van der Waals surface area contributed by atoms with Crippen molar-refractivity contribution in [1.29, 1.82) is 0 Å². The first kappa shape index (κ1) is 14.3. The average molecular weight is 284 g/mol. The summed E-state index contributed by atoms with van der Waals surface area (Å²) in [6.45, 7) is 7.45. The van der Waals surface area contributed by atoms with Crippen molar-refractivity contribution < 1.29 is 4.79 Å². The summed E-state index contributed by atoms with van der Waals surface area (Å²) in [5.41, 5.74) is 1.85. The van der Waals surface area contributed by atoms with Crippen LogP contribution in [0.3, 0.4) is 0 Å². The second kappa shape index (κ2) is 6.00. The molecule has 0 aromatic carbocycles. The Morgan fingerprint density at radius 2 is 2.24 bits per heavy atom. The van der Waals surface area contributed by atoms with Crippen molar-refractivity contribution in [2.24, 2.45) is 17.8 Å². The van der Waals surface area contributed by atoms with Crippen LogP contribution >= 0.6 is 0 Å². The minimum Gasteiger partial charge on any atom is -0.338 e. The van der Waals surface area contributed by atoms with Gasteiger partial charge in [0.1, 0.15) is 0 Å². The van der Waals surface area contributed by atoms with Crippen molar-refractivity contribution in [3.05, 3.63) is 42.2 Å². The zero-order valence-corrected chi connectivity index (χ0v) is 12.8. The minimum atomic E-state index is 0.140. The number of hydrogen-bond donors (Lipinski definition) is 0. The van der Waals surface area contributed by atoms with Gasteiger partial charge in [0, 0.05) is 30.6 Å². The topological polar surface area (TPSA) is 33.2 Å². The molecule has 0 radical (unpaired) electrons. The van der Waals surface area contributed by atoms with Gasteiger partial charge in [-0.1, -0.05) is 19.1 Å². The fourth-order valence-electron chi connectivity index (χ4n) is 4.07. The van der Waals surface area contributed by atoms with Crippen LogP contribution in [0.4, 0.5) is 0 Å². The molecule has 0 spiro atoms. The van der Waals surface area contributed by atoms with Crippen LogP contribution in [0, 0.1) is 17.8 Å². The number of amides is 1. The lowest BCUT2D eigenvalue weighted by atomic mass is 9.72. The van der Waals surface area contributed by atoms with Crippen LogP contribution in [-0.4, -0.2) is 28.9 Å². The van der Waals surface area contributed by atoms with Crippen molar-refractivity contribution in [3.8, 4) is 0 Å². The van der Waals surface area contributed by atoms with E-state index in [1.807, 2.05) is 24.1 Å². The van der Waals surface area contributed by atoms with Gasteiger partial charge in [0.2, 0.25) is 5.91 Å². The number of aromatic nitrogens is 1. The van der Waals surface area contributed by atoms with Crippen LogP contribution in [-0.2, 0) is 11.2 Å². The highest BCUT2D eigenvalue weighted by atomic mass is 16.2. The second-order valence-corrected chi connectivity index (χ2v) is 6.63. The number of pyridine rings is 1. The van der Waals surface area contributed by atoms with Gasteiger partial charge in [0.05, 0.1) is 0 Å². The second-order valence-electron chi connectivity index (χ2n) is 6.63. The molecule has 2 fully saturated rings. The van der Waals surface area contributed by atoms with E-state index < -0.39 is 0 Å². The summed E-state index contributed by atoms with van der Waals surface area (Å²) in [6, 6.07) is 6.15. The van der Waals surface area contributed by atoms with Gasteiger partial charge in [0.25, 0.3) is 0 Å². The summed E-state index contributed by atoms with van der Waals surface area (Å²) in [4.78, 5) is 18.7. The van der Waals surface area contributed by atoms with Gasteiger partial charge >= 0.3 is 0 Å². The van der Waals surface area contributed by atoms with E-state index in [9.17, 15) is 4.79 Å². The van der Waals surface area contributed by atoms with E-state index in [-0.39, 0.29) is 5.91 Å². The Balaban J connectivity index is 1.70. The van der Waals surface area contributed by atoms with E-state index in [0.29, 0.717) is 23.3 Å². The van der Waals surface area contributed by atoms with Crippen molar-refractivity contribution in [3.63, 3.8) is 0 Å². The highest BCUT2D eigenvalue weighted by Crippen LogP contribution is 2.41. The SMILES string of the molecule is C=C(C)C(=O)N1C[C@H]2CCC[C@H](Cc3ccccn3)[C@H]2C1. The first-order valence-corrected chi connectivity index (χ1v) is 8.00. The van der Waals surface area contributed by atoms with Crippen molar-refractivity contribution in [1.82, 2.24) is 9.88 Å². The highest BCUT2D eigenvalue weighted by Gasteiger charge is 2.41. The fraction of sp³-hybridized carbons (Fsp3) is 0.556. The van der Waals surface area contributed by atoms with Crippen molar-refractivity contribution in [2.75, 3.05) is 13.1 Å². The van der Waals surface area contributed by atoms with Gasteiger partial charge in [-0.05, 0) is 56.1 Å². The molecule has 3 nitrogen and oxygen atoms in total. The highest BCUT2D eigenvalue weighted by molar-refractivity contribution is 5.92. The predicted molar refractivity (Wildman–Crippen MR) is 83.7 cm³/mol. The molecule has 1 aliphatic carbocycles. The summed E-state index contributed by atoms with van der Waals surface area (Å²) in [5.74, 6) is 2.13. The van der Waals surface area contributed by atoms with Gasteiger partial charge in [-0.15, -0.1) is 0 Å². The number of carbonyl (C=O) groups excluding carboxylic acids is 1. The third-order valence-electron chi connectivity index (χ3n) is 5.10. The quantitative estimate of drug-likeness (QED) is 0.799. The summed E-state index contributed by atoms with van der Waals surface area (Å²) in [6.07, 6.45) is 6.75. The Hall–Kier alpha value is -1.64. The lowest BCUT2D eigenvalue weighted by Gasteiger charge is -2.32. The Kier molecular flexibility index (Phi) is 4.09. The molecule has 2 heterocycles. The number of rotatable bonds is 3. The monoisotopic (exact) mass is 284 g/mol.